The molecular weight excluding hydrogens is 330 g/mol. The van der Waals surface area contributed by atoms with Gasteiger partial charge in [0.15, 0.2) is 0 Å². The van der Waals surface area contributed by atoms with Crippen molar-refractivity contribution in [3.05, 3.63) is 18.0 Å². The zero-order chi connectivity index (χ0) is 16.6. The van der Waals surface area contributed by atoms with Crippen LogP contribution in [0.5, 0.6) is 0 Å². The second-order valence-corrected chi connectivity index (χ2v) is 9.26. The first-order chi connectivity index (χ1) is 11.6. The summed E-state index contributed by atoms with van der Waals surface area (Å²) in [6.07, 6.45) is 5.42. The smallest absolute Gasteiger partial charge is 0.217 e. The predicted molar refractivity (Wildman–Crippen MR) is 88.0 cm³/mol. The number of rotatable bonds is 6. The Morgan fingerprint density at radius 2 is 2.00 bits per heavy atom. The first-order valence-electron chi connectivity index (χ1n) is 8.81. The molecule has 134 valence electrons. The zero-order valence-corrected chi connectivity index (χ0v) is 14.7. The Balaban J connectivity index is 1.40. The lowest BCUT2D eigenvalue weighted by Gasteiger charge is -2.33. The molecule has 0 aromatic carbocycles. The van der Waals surface area contributed by atoms with Crippen LogP contribution in [0.3, 0.4) is 0 Å². The van der Waals surface area contributed by atoms with Crippen molar-refractivity contribution >= 4 is 10.0 Å². The van der Waals surface area contributed by atoms with Crippen LogP contribution in [-0.2, 0) is 26.0 Å². The molecule has 0 amide bonds. The number of hydrogen-bond donors (Lipinski definition) is 0. The van der Waals surface area contributed by atoms with E-state index in [-0.39, 0.29) is 11.3 Å². The maximum Gasteiger partial charge on any atom is 0.217 e. The first kappa shape index (κ1) is 16.5. The van der Waals surface area contributed by atoms with E-state index in [1.807, 2.05) is 10.7 Å². The van der Waals surface area contributed by atoms with E-state index in [1.54, 1.807) is 10.5 Å². The highest BCUT2D eigenvalue weighted by Gasteiger charge is 2.42. The minimum Gasteiger partial charge on any atom is -0.381 e. The molecule has 3 heterocycles. The van der Waals surface area contributed by atoms with E-state index in [4.69, 9.17) is 9.47 Å². The summed E-state index contributed by atoms with van der Waals surface area (Å²) in [5.74, 6) is 0.547. The highest BCUT2D eigenvalue weighted by molar-refractivity contribution is 7.90. The van der Waals surface area contributed by atoms with Crippen molar-refractivity contribution in [2.45, 2.75) is 43.5 Å². The number of sulfonamides is 1. The molecule has 1 saturated heterocycles. The maximum atomic E-state index is 12.6. The van der Waals surface area contributed by atoms with Crippen molar-refractivity contribution in [2.24, 2.45) is 5.92 Å². The lowest BCUT2D eigenvalue weighted by atomic mass is 10.0. The van der Waals surface area contributed by atoms with Crippen LogP contribution in [0.1, 0.15) is 37.4 Å². The number of fused-ring (bicyclic) bond motifs is 1. The van der Waals surface area contributed by atoms with Crippen molar-refractivity contribution in [1.29, 1.82) is 0 Å². The molecule has 0 bridgehead atoms. The Labute approximate surface area is 143 Å². The molecule has 1 aromatic heterocycles. The third kappa shape index (κ3) is 3.37. The fourth-order valence-electron chi connectivity index (χ4n) is 3.53. The molecule has 24 heavy (non-hydrogen) atoms. The predicted octanol–water partition coefficient (Wildman–Crippen LogP) is 1.18. The van der Waals surface area contributed by atoms with Gasteiger partial charge in [0.1, 0.15) is 0 Å². The third-order valence-corrected chi connectivity index (χ3v) is 7.47. The van der Waals surface area contributed by atoms with Crippen LogP contribution < -0.4 is 0 Å². The van der Waals surface area contributed by atoms with Crippen LogP contribution in [0.2, 0.25) is 0 Å². The lowest BCUT2D eigenvalue weighted by Crippen LogP contribution is -2.44. The summed E-state index contributed by atoms with van der Waals surface area (Å²) in [6, 6.07) is 1.86. The average Bonchev–Trinajstić information content (AvgIpc) is 3.34. The van der Waals surface area contributed by atoms with Crippen molar-refractivity contribution in [1.82, 2.24) is 14.1 Å². The molecule has 0 spiro atoms. The van der Waals surface area contributed by atoms with E-state index in [1.165, 1.54) is 0 Å². The zero-order valence-electron chi connectivity index (χ0n) is 13.8. The van der Waals surface area contributed by atoms with Gasteiger partial charge in [-0.1, -0.05) is 0 Å². The molecule has 7 nitrogen and oxygen atoms in total. The molecule has 2 aliphatic heterocycles. The van der Waals surface area contributed by atoms with Crippen LogP contribution in [0.4, 0.5) is 0 Å². The van der Waals surface area contributed by atoms with E-state index < -0.39 is 10.0 Å². The minimum absolute atomic E-state index is 0.0443. The monoisotopic (exact) mass is 355 g/mol. The Morgan fingerprint density at radius 1 is 1.21 bits per heavy atom. The Kier molecular flexibility index (Phi) is 4.64. The van der Waals surface area contributed by atoms with Gasteiger partial charge in [-0.25, -0.2) is 8.42 Å². The molecule has 1 aliphatic carbocycles. The van der Waals surface area contributed by atoms with Gasteiger partial charge in [-0.3, -0.25) is 4.68 Å². The molecule has 1 unspecified atom stereocenters. The summed E-state index contributed by atoms with van der Waals surface area (Å²) in [5, 5.41) is 4.21. The van der Waals surface area contributed by atoms with Gasteiger partial charge in [0.25, 0.3) is 0 Å². The van der Waals surface area contributed by atoms with E-state index in [9.17, 15) is 8.42 Å². The van der Waals surface area contributed by atoms with Crippen molar-refractivity contribution < 1.29 is 17.9 Å². The van der Waals surface area contributed by atoms with Crippen molar-refractivity contribution in [2.75, 3.05) is 33.0 Å². The molecular formula is C16H25N3O4S. The Hall–Kier alpha value is -0.960. The summed E-state index contributed by atoms with van der Waals surface area (Å²) < 4.78 is 40.0. The topological polar surface area (TPSA) is 73.7 Å². The summed E-state index contributed by atoms with van der Waals surface area (Å²) in [4.78, 5) is 0. The lowest BCUT2D eigenvalue weighted by molar-refractivity contribution is 0.00773. The summed E-state index contributed by atoms with van der Waals surface area (Å²) in [5.41, 5.74) is 0.949. The number of nitrogens with zero attached hydrogens (tertiary/aromatic N) is 3. The van der Waals surface area contributed by atoms with Gasteiger partial charge in [0, 0.05) is 32.6 Å². The molecule has 4 rings (SSSR count). The fourth-order valence-corrected chi connectivity index (χ4v) is 5.38. The molecule has 8 heteroatoms. The Morgan fingerprint density at radius 3 is 2.75 bits per heavy atom. The normalized spacial score (nSPS) is 26.4. The van der Waals surface area contributed by atoms with Gasteiger partial charge < -0.3 is 9.47 Å². The third-order valence-electron chi connectivity index (χ3n) is 5.16. The fraction of sp³-hybridized carbons (Fsp3) is 0.812. The number of hydrogen-bond acceptors (Lipinski definition) is 5. The maximum absolute atomic E-state index is 12.6. The Bertz CT molecular complexity index is 665. The van der Waals surface area contributed by atoms with E-state index in [0.29, 0.717) is 32.2 Å². The van der Waals surface area contributed by atoms with Gasteiger partial charge in [-0.05, 0) is 37.7 Å². The molecule has 2 fully saturated rings. The van der Waals surface area contributed by atoms with Crippen molar-refractivity contribution in [3.63, 3.8) is 0 Å². The second kappa shape index (κ2) is 6.74. The van der Waals surface area contributed by atoms with E-state index >= 15 is 0 Å². The van der Waals surface area contributed by atoms with Gasteiger partial charge >= 0.3 is 0 Å². The van der Waals surface area contributed by atoms with Gasteiger partial charge in [-0.2, -0.15) is 9.40 Å². The largest absolute Gasteiger partial charge is 0.381 e. The van der Waals surface area contributed by atoms with Gasteiger partial charge in [0.2, 0.25) is 10.0 Å². The number of ether oxygens (including phenoxy) is 2. The van der Waals surface area contributed by atoms with Crippen molar-refractivity contribution in [3.8, 4) is 0 Å². The summed E-state index contributed by atoms with van der Waals surface area (Å²) in [7, 11) is -3.17. The SMILES string of the molecule is O=S(=O)(C1CC1)N1Cc2ccnn2C(COCC2CCOCC2)C1. The second-order valence-electron chi connectivity index (χ2n) is 7.05. The molecule has 1 aromatic rings. The van der Waals surface area contributed by atoms with Crippen LogP contribution >= 0.6 is 0 Å². The molecule has 1 saturated carbocycles. The molecule has 0 N–H and O–H groups in total. The van der Waals surface area contributed by atoms with Gasteiger partial charge in [0.05, 0.1) is 30.1 Å². The van der Waals surface area contributed by atoms with Crippen LogP contribution in [0.15, 0.2) is 12.3 Å². The molecule has 3 aliphatic rings. The number of aromatic nitrogens is 2. The average molecular weight is 355 g/mol. The quantitative estimate of drug-likeness (QED) is 0.766. The summed E-state index contributed by atoms with van der Waals surface area (Å²) in [6.45, 7) is 3.73. The first-order valence-corrected chi connectivity index (χ1v) is 10.3. The van der Waals surface area contributed by atoms with Crippen LogP contribution in [0.25, 0.3) is 0 Å². The van der Waals surface area contributed by atoms with E-state index in [0.717, 1.165) is 44.6 Å². The van der Waals surface area contributed by atoms with Gasteiger partial charge in [-0.15, -0.1) is 0 Å². The standard InChI is InChI=1S/C16H25N3O4S/c20-24(21,16-1-2-16)18-9-14-3-6-17-19(14)15(10-18)12-23-11-13-4-7-22-8-5-13/h3,6,13,15-16H,1-2,4-5,7-12H2. The summed E-state index contributed by atoms with van der Waals surface area (Å²) >= 11 is 0. The minimum atomic E-state index is -3.17. The van der Waals surface area contributed by atoms with E-state index in [2.05, 4.69) is 5.10 Å². The molecule has 0 radical (unpaired) electrons. The van der Waals surface area contributed by atoms with Crippen LogP contribution in [0, 0.1) is 5.92 Å². The molecule has 1 atom stereocenters. The highest BCUT2D eigenvalue weighted by Crippen LogP contribution is 2.34. The van der Waals surface area contributed by atoms with Crippen LogP contribution in [-0.4, -0.2) is 60.7 Å². The highest BCUT2D eigenvalue weighted by atomic mass is 32.2.